The van der Waals surface area contributed by atoms with Crippen LogP contribution in [0.15, 0.2) is 40.8 Å². The van der Waals surface area contributed by atoms with Crippen LogP contribution in [0, 0.1) is 22.9 Å². The third-order valence-corrected chi connectivity index (χ3v) is 3.49. The lowest BCUT2D eigenvalue weighted by molar-refractivity contribution is -0.387. The van der Waals surface area contributed by atoms with Crippen molar-refractivity contribution >= 4 is 5.69 Å². The second kappa shape index (κ2) is 7.74. The minimum Gasteiger partial charge on any atom is -0.460 e. The summed E-state index contributed by atoms with van der Waals surface area (Å²) < 4.78 is 20.7. The van der Waals surface area contributed by atoms with E-state index in [-0.39, 0.29) is 0 Å². The second-order valence-electron chi connectivity index (χ2n) is 5.09. The topological polar surface area (TPSA) is 74.1 Å². The van der Waals surface area contributed by atoms with Gasteiger partial charge in [0.05, 0.1) is 16.3 Å². The first-order valence-corrected chi connectivity index (χ1v) is 8.09. The van der Waals surface area contributed by atoms with E-state index in [1.165, 1.54) is 16.8 Å². The molecule has 0 amide bonds. The van der Waals surface area contributed by atoms with Crippen LogP contribution in [0.1, 0.15) is 32.2 Å². The molecule has 25 heavy (non-hydrogen) atoms. The first kappa shape index (κ1) is 18.4. The van der Waals surface area contributed by atoms with Gasteiger partial charge in [0.2, 0.25) is 5.82 Å². The molecule has 0 N–H and O–H groups in total. The van der Waals surface area contributed by atoms with Crippen LogP contribution in [0.2, 0.25) is 0 Å². The minimum absolute atomic E-state index is 0.404. The smallest absolute Gasteiger partial charge is 0.306 e. The Bertz CT molecular complexity index is 884. The summed E-state index contributed by atoms with van der Waals surface area (Å²) in [5.41, 5.74) is 1.29. The lowest BCUT2D eigenvalue weighted by Gasteiger charge is -2.06. The van der Waals surface area contributed by atoms with Crippen molar-refractivity contribution in [3.8, 4) is 17.1 Å². The number of aryl methyl sites for hydroxylation is 2. The highest BCUT2D eigenvalue weighted by Crippen LogP contribution is 2.28. The molecule has 0 saturated carbocycles. The number of benzene rings is 1. The van der Waals surface area contributed by atoms with Gasteiger partial charge >= 0.3 is 5.69 Å². The van der Waals surface area contributed by atoms with E-state index in [4.69, 9.17) is 4.42 Å². The Hall–Kier alpha value is -2.96. The van der Waals surface area contributed by atoms with Crippen molar-refractivity contribution in [3.63, 3.8) is 0 Å². The molecular weight excluding hydrogens is 325 g/mol. The van der Waals surface area contributed by atoms with Gasteiger partial charge in [0.1, 0.15) is 11.5 Å². The fourth-order valence-electron chi connectivity index (χ4n) is 2.32. The summed E-state index contributed by atoms with van der Waals surface area (Å²) in [7, 11) is 0. The van der Waals surface area contributed by atoms with Crippen molar-refractivity contribution in [2.24, 2.45) is 0 Å². The molecule has 0 saturated heterocycles. The number of halogens is 1. The molecule has 2 aromatic heterocycles. The van der Waals surface area contributed by atoms with Gasteiger partial charge in [-0.15, -0.1) is 0 Å². The Morgan fingerprint density at radius 2 is 1.96 bits per heavy atom. The SMILES string of the molecule is CC.CCc1cc(-c2ccc(C)o2)n(-c2ccc(F)c([N+](=O)[O-])c2)n1. The van der Waals surface area contributed by atoms with E-state index >= 15 is 0 Å². The monoisotopic (exact) mass is 345 g/mol. The highest BCUT2D eigenvalue weighted by molar-refractivity contribution is 5.58. The normalized spacial score (nSPS) is 10.3. The third-order valence-electron chi connectivity index (χ3n) is 3.49. The van der Waals surface area contributed by atoms with Crippen molar-refractivity contribution in [1.29, 1.82) is 0 Å². The standard InChI is InChI=1S/C16H14FN3O3.C2H6/c1-3-11-8-15(16-7-4-10(2)23-16)19(18-11)12-5-6-13(17)14(9-12)20(21)22;1-2/h4-9H,3H2,1-2H3;1-2H3. The molecule has 3 aromatic rings. The van der Waals surface area contributed by atoms with Crippen LogP contribution >= 0.6 is 0 Å². The van der Waals surface area contributed by atoms with Gasteiger partial charge in [0.25, 0.3) is 0 Å². The van der Waals surface area contributed by atoms with Crippen molar-refractivity contribution in [2.75, 3.05) is 0 Å². The maximum atomic E-state index is 13.5. The second-order valence-corrected chi connectivity index (χ2v) is 5.09. The van der Waals surface area contributed by atoms with Gasteiger partial charge in [-0.25, -0.2) is 4.68 Å². The molecule has 3 rings (SSSR count). The van der Waals surface area contributed by atoms with Crippen LogP contribution < -0.4 is 0 Å². The van der Waals surface area contributed by atoms with Gasteiger partial charge in [-0.3, -0.25) is 10.1 Å². The Kier molecular flexibility index (Phi) is 5.69. The third kappa shape index (κ3) is 3.76. The number of aromatic nitrogens is 2. The molecular formula is C18H20FN3O3. The first-order valence-electron chi connectivity index (χ1n) is 8.09. The van der Waals surface area contributed by atoms with E-state index in [0.717, 1.165) is 17.5 Å². The zero-order valence-electron chi connectivity index (χ0n) is 14.6. The molecule has 0 fully saturated rings. The lowest BCUT2D eigenvalue weighted by atomic mass is 10.2. The van der Waals surface area contributed by atoms with Crippen LogP contribution in [0.5, 0.6) is 0 Å². The fraction of sp³-hybridized carbons (Fsp3) is 0.278. The van der Waals surface area contributed by atoms with Crippen LogP contribution in [-0.2, 0) is 6.42 Å². The number of nitrogens with zero attached hydrogens (tertiary/aromatic N) is 3. The number of hydrogen-bond donors (Lipinski definition) is 0. The number of nitro groups is 1. The summed E-state index contributed by atoms with van der Waals surface area (Å²) in [4.78, 5) is 10.2. The van der Waals surface area contributed by atoms with Gasteiger partial charge in [-0.1, -0.05) is 20.8 Å². The fourth-order valence-corrected chi connectivity index (χ4v) is 2.32. The molecule has 0 radical (unpaired) electrons. The van der Waals surface area contributed by atoms with Crippen LogP contribution in [0.3, 0.4) is 0 Å². The molecule has 0 atom stereocenters. The lowest BCUT2D eigenvalue weighted by Crippen LogP contribution is -2.02. The van der Waals surface area contributed by atoms with Gasteiger partial charge in [0, 0.05) is 6.07 Å². The van der Waals surface area contributed by atoms with Crippen molar-refractivity contribution in [2.45, 2.75) is 34.1 Å². The van der Waals surface area contributed by atoms with Crippen LogP contribution in [-0.4, -0.2) is 14.7 Å². The van der Waals surface area contributed by atoms with Crippen molar-refractivity contribution in [1.82, 2.24) is 9.78 Å². The summed E-state index contributed by atoms with van der Waals surface area (Å²) in [5, 5.41) is 15.4. The van der Waals surface area contributed by atoms with Gasteiger partial charge < -0.3 is 4.42 Å². The number of nitro benzene ring substituents is 1. The van der Waals surface area contributed by atoms with Gasteiger partial charge in [-0.2, -0.15) is 9.49 Å². The van der Waals surface area contributed by atoms with Gasteiger partial charge in [0.15, 0.2) is 5.76 Å². The summed E-state index contributed by atoms with van der Waals surface area (Å²) in [6.45, 7) is 7.78. The molecule has 2 heterocycles. The average molecular weight is 345 g/mol. The predicted octanol–water partition coefficient (Wildman–Crippen LogP) is 5.08. The Balaban J connectivity index is 0.00000109. The molecule has 0 aliphatic heterocycles. The molecule has 0 bridgehead atoms. The number of rotatable bonds is 4. The number of hydrogen-bond acceptors (Lipinski definition) is 4. The Labute approximate surface area is 145 Å². The summed E-state index contributed by atoms with van der Waals surface area (Å²) in [6, 6.07) is 9.17. The molecule has 0 aliphatic carbocycles. The summed E-state index contributed by atoms with van der Waals surface area (Å²) >= 11 is 0. The minimum atomic E-state index is -0.878. The van der Waals surface area contributed by atoms with Crippen molar-refractivity contribution in [3.05, 3.63) is 63.8 Å². The highest BCUT2D eigenvalue weighted by Gasteiger charge is 2.19. The highest BCUT2D eigenvalue weighted by atomic mass is 19.1. The van der Waals surface area contributed by atoms with Crippen LogP contribution in [0.4, 0.5) is 10.1 Å². The van der Waals surface area contributed by atoms with E-state index in [9.17, 15) is 14.5 Å². The quantitative estimate of drug-likeness (QED) is 0.488. The van der Waals surface area contributed by atoms with E-state index in [1.54, 1.807) is 6.07 Å². The largest absolute Gasteiger partial charge is 0.460 e. The van der Waals surface area contributed by atoms with Gasteiger partial charge in [-0.05, 0) is 43.7 Å². The number of furan rings is 1. The molecule has 7 heteroatoms. The molecule has 0 aliphatic rings. The summed E-state index contributed by atoms with van der Waals surface area (Å²) in [6.07, 6.45) is 0.697. The summed E-state index contributed by atoms with van der Waals surface area (Å²) in [5.74, 6) is 0.467. The Morgan fingerprint density at radius 1 is 1.24 bits per heavy atom. The zero-order valence-corrected chi connectivity index (χ0v) is 14.6. The molecule has 6 nitrogen and oxygen atoms in total. The van der Waals surface area contributed by atoms with Crippen LogP contribution in [0.25, 0.3) is 17.1 Å². The van der Waals surface area contributed by atoms with E-state index < -0.39 is 16.4 Å². The maximum absolute atomic E-state index is 13.5. The first-order chi connectivity index (χ1) is 12.0. The van der Waals surface area contributed by atoms with E-state index in [0.29, 0.717) is 23.6 Å². The average Bonchev–Trinajstić information content (AvgIpc) is 3.23. The zero-order chi connectivity index (χ0) is 18.6. The molecule has 132 valence electrons. The van der Waals surface area contributed by atoms with E-state index in [1.807, 2.05) is 39.8 Å². The molecule has 1 aromatic carbocycles. The predicted molar refractivity (Wildman–Crippen MR) is 93.3 cm³/mol. The van der Waals surface area contributed by atoms with Crippen molar-refractivity contribution < 1.29 is 13.7 Å². The molecule has 0 spiro atoms. The molecule has 0 unspecified atom stereocenters. The Morgan fingerprint density at radius 3 is 2.52 bits per heavy atom. The maximum Gasteiger partial charge on any atom is 0.306 e. The van der Waals surface area contributed by atoms with E-state index in [2.05, 4.69) is 5.10 Å².